The molecule has 6 nitrogen and oxygen atoms in total. The Morgan fingerprint density at radius 2 is 2.04 bits per heavy atom. The zero-order chi connectivity index (χ0) is 18.7. The first-order valence-corrected chi connectivity index (χ1v) is 8.59. The largest absolute Gasteiger partial charge is 0.495 e. The molecule has 0 aliphatic carbocycles. The van der Waals surface area contributed by atoms with Gasteiger partial charge in [0.05, 0.1) is 18.2 Å². The Labute approximate surface area is 157 Å². The lowest BCUT2D eigenvalue weighted by molar-refractivity contribution is -0.120. The van der Waals surface area contributed by atoms with Crippen molar-refractivity contribution in [3.63, 3.8) is 0 Å². The Bertz CT molecular complexity index is 812. The Balaban J connectivity index is 1.61. The van der Waals surface area contributed by atoms with Gasteiger partial charge in [0, 0.05) is 12.2 Å². The van der Waals surface area contributed by atoms with E-state index in [1.807, 2.05) is 37.1 Å². The number of carbonyl (C=O) groups excluding carboxylic acids is 1. The molecular formula is C19H21ClN2O4. The maximum absolute atomic E-state index is 12.5. The van der Waals surface area contributed by atoms with Gasteiger partial charge in [0.2, 0.25) is 12.7 Å². The number of fused-ring (bicyclic) bond motifs is 1. The summed E-state index contributed by atoms with van der Waals surface area (Å²) in [5.74, 6) is 1.94. The maximum Gasteiger partial charge on any atom is 0.241 e. The molecule has 0 bridgehead atoms. The molecule has 1 N–H and O–H groups in total. The van der Waals surface area contributed by atoms with Crippen LogP contribution in [0.15, 0.2) is 36.4 Å². The fourth-order valence-corrected chi connectivity index (χ4v) is 2.91. The molecule has 1 aliphatic heterocycles. The molecule has 2 aromatic carbocycles. The predicted octanol–water partition coefficient (Wildman–Crippen LogP) is 3.54. The van der Waals surface area contributed by atoms with Gasteiger partial charge in [0.1, 0.15) is 5.75 Å². The minimum Gasteiger partial charge on any atom is -0.495 e. The molecule has 0 radical (unpaired) electrons. The van der Waals surface area contributed by atoms with E-state index >= 15 is 0 Å². The lowest BCUT2D eigenvalue weighted by Crippen LogP contribution is -2.39. The van der Waals surface area contributed by atoms with Crippen LogP contribution < -0.4 is 19.5 Å². The smallest absolute Gasteiger partial charge is 0.241 e. The SMILES string of the molecule is COc1ccc(NC(=O)[C@@H](C)N(C)Cc2ccc3c(c2)OCO3)cc1Cl. The highest BCUT2D eigenvalue weighted by Crippen LogP contribution is 2.33. The molecule has 1 heterocycles. The van der Waals surface area contributed by atoms with Crippen molar-refractivity contribution < 1.29 is 19.0 Å². The third-order valence-corrected chi connectivity index (χ3v) is 4.62. The third-order valence-electron chi connectivity index (χ3n) is 4.33. The number of methoxy groups -OCH3 is 1. The summed E-state index contributed by atoms with van der Waals surface area (Å²) in [5, 5.41) is 3.33. The maximum atomic E-state index is 12.5. The second kappa shape index (κ2) is 7.85. The molecule has 0 fully saturated rings. The summed E-state index contributed by atoms with van der Waals surface area (Å²) in [6.07, 6.45) is 0. The van der Waals surface area contributed by atoms with Crippen LogP contribution in [0.1, 0.15) is 12.5 Å². The van der Waals surface area contributed by atoms with Gasteiger partial charge in [0.25, 0.3) is 0 Å². The van der Waals surface area contributed by atoms with E-state index in [1.54, 1.807) is 25.3 Å². The minimum atomic E-state index is -0.332. The molecule has 3 rings (SSSR count). The number of ether oxygens (including phenoxy) is 3. The first-order chi connectivity index (χ1) is 12.5. The standard InChI is InChI=1S/C19H21ClN2O4/c1-12(19(23)21-14-5-7-16(24-3)15(20)9-14)22(2)10-13-4-6-17-18(8-13)26-11-25-17/h4-9,12H,10-11H2,1-3H3,(H,21,23)/t12-/m1/s1. The molecule has 1 amide bonds. The summed E-state index contributed by atoms with van der Waals surface area (Å²) in [6, 6.07) is 10.6. The van der Waals surface area contributed by atoms with Gasteiger partial charge < -0.3 is 19.5 Å². The molecule has 0 unspecified atom stereocenters. The first-order valence-electron chi connectivity index (χ1n) is 8.21. The molecule has 2 aromatic rings. The van der Waals surface area contributed by atoms with Gasteiger partial charge in [0.15, 0.2) is 11.5 Å². The third kappa shape index (κ3) is 4.03. The van der Waals surface area contributed by atoms with Crippen LogP contribution in [0, 0.1) is 0 Å². The molecule has 0 saturated carbocycles. The average molecular weight is 377 g/mol. The van der Waals surface area contributed by atoms with E-state index in [4.69, 9.17) is 25.8 Å². The van der Waals surface area contributed by atoms with E-state index in [0.717, 1.165) is 17.1 Å². The van der Waals surface area contributed by atoms with Crippen molar-refractivity contribution in [3.05, 3.63) is 47.0 Å². The molecule has 1 atom stereocenters. The highest BCUT2D eigenvalue weighted by Gasteiger charge is 2.20. The Morgan fingerprint density at radius 1 is 1.27 bits per heavy atom. The number of carbonyl (C=O) groups is 1. The summed E-state index contributed by atoms with van der Waals surface area (Å²) < 4.78 is 15.8. The van der Waals surface area contributed by atoms with Gasteiger partial charge in [-0.25, -0.2) is 0 Å². The number of amides is 1. The van der Waals surface area contributed by atoms with E-state index in [-0.39, 0.29) is 18.7 Å². The monoisotopic (exact) mass is 376 g/mol. The van der Waals surface area contributed by atoms with Crippen molar-refractivity contribution in [2.45, 2.75) is 19.5 Å². The lowest BCUT2D eigenvalue weighted by atomic mass is 10.1. The van der Waals surface area contributed by atoms with Crippen molar-refractivity contribution in [1.82, 2.24) is 4.90 Å². The summed E-state index contributed by atoms with van der Waals surface area (Å²) in [5.41, 5.74) is 1.67. The fraction of sp³-hybridized carbons (Fsp3) is 0.316. The Morgan fingerprint density at radius 3 is 2.77 bits per heavy atom. The van der Waals surface area contributed by atoms with Gasteiger partial charge >= 0.3 is 0 Å². The van der Waals surface area contributed by atoms with E-state index < -0.39 is 0 Å². The number of rotatable bonds is 6. The van der Waals surface area contributed by atoms with E-state index in [2.05, 4.69) is 5.32 Å². The molecule has 7 heteroatoms. The van der Waals surface area contributed by atoms with Crippen molar-refractivity contribution in [2.24, 2.45) is 0 Å². The van der Waals surface area contributed by atoms with Gasteiger partial charge in [-0.05, 0) is 49.9 Å². The summed E-state index contributed by atoms with van der Waals surface area (Å²) in [7, 11) is 3.45. The van der Waals surface area contributed by atoms with Crippen LogP contribution in [0.2, 0.25) is 5.02 Å². The molecular weight excluding hydrogens is 356 g/mol. The first kappa shape index (κ1) is 18.4. The van der Waals surface area contributed by atoms with Crippen LogP contribution in [0.5, 0.6) is 17.2 Å². The molecule has 0 aromatic heterocycles. The highest BCUT2D eigenvalue weighted by molar-refractivity contribution is 6.32. The second-order valence-corrected chi connectivity index (χ2v) is 6.52. The van der Waals surface area contributed by atoms with Crippen LogP contribution in [0.4, 0.5) is 5.69 Å². The van der Waals surface area contributed by atoms with Gasteiger partial charge in [-0.2, -0.15) is 0 Å². The lowest BCUT2D eigenvalue weighted by Gasteiger charge is -2.24. The zero-order valence-corrected chi connectivity index (χ0v) is 15.7. The van der Waals surface area contributed by atoms with Gasteiger partial charge in [-0.1, -0.05) is 17.7 Å². The molecule has 26 heavy (non-hydrogen) atoms. The topological polar surface area (TPSA) is 60.0 Å². The van der Waals surface area contributed by atoms with Crippen LogP contribution in [0.25, 0.3) is 0 Å². The number of hydrogen-bond donors (Lipinski definition) is 1. The highest BCUT2D eigenvalue weighted by atomic mass is 35.5. The number of nitrogens with zero attached hydrogens (tertiary/aromatic N) is 1. The van der Waals surface area contributed by atoms with Crippen molar-refractivity contribution >= 4 is 23.2 Å². The van der Waals surface area contributed by atoms with Crippen LogP contribution in [-0.4, -0.2) is 37.8 Å². The van der Waals surface area contributed by atoms with E-state index in [9.17, 15) is 4.79 Å². The van der Waals surface area contributed by atoms with Gasteiger partial charge in [-0.15, -0.1) is 0 Å². The van der Waals surface area contributed by atoms with Crippen molar-refractivity contribution in [1.29, 1.82) is 0 Å². The van der Waals surface area contributed by atoms with Gasteiger partial charge in [-0.3, -0.25) is 9.69 Å². The van der Waals surface area contributed by atoms with E-state index in [1.165, 1.54) is 0 Å². The number of nitrogens with one attached hydrogen (secondary N) is 1. The number of benzene rings is 2. The van der Waals surface area contributed by atoms with E-state index in [0.29, 0.717) is 23.0 Å². The zero-order valence-electron chi connectivity index (χ0n) is 14.9. The average Bonchev–Trinajstić information content (AvgIpc) is 3.09. The van der Waals surface area contributed by atoms with Crippen LogP contribution >= 0.6 is 11.6 Å². The summed E-state index contributed by atoms with van der Waals surface area (Å²) >= 11 is 6.10. The predicted molar refractivity (Wildman–Crippen MR) is 100 cm³/mol. The van der Waals surface area contributed by atoms with Crippen molar-refractivity contribution in [3.8, 4) is 17.2 Å². The number of anilines is 1. The molecule has 1 aliphatic rings. The Kier molecular flexibility index (Phi) is 5.54. The second-order valence-electron chi connectivity index (χ2n) is 6.12. The molecule has 138 valence electrons. The van der Waals surface area contributed by atoms with Crippen LogP contribution in [-0.2, 0) is 11.3 Å². The number of hydrogen-bond acceptors (Lipinski definition) is 5. The molecule has 0 spiro atoms. The quantitative estimate of drug-likeness (QED) is 0.835. The number of likely N-dealkylation sites (N-methyl/N-ethyl adjacent to an activating group) is 1. The summed E-state index contributed by atoms with van der Waals surface area (Å²) in [6.45, 7) is 2.71. The number of halogens is 1. The Hall–Kier alpha value is -2.44. The van der Waals surface area contributed by atoms with Crippen molar-refractivity contribution in [2.75, 3.05) is 26.3 Å². The minimum absolute atomic E-state index is 0.116. The molecule has 0 saturated heterocycles. The fourth-order valence-electron chi connectivity index (χ4n) is 2.66. The normalized spacial score (nSPS) is 13.6. The summed E-state index contributed by atoms with van der Waals surface area (Å²) in [4.78, 5) is 14.5. The van der Waals surface area contributed by atoms with Crippen LogP contribution in [0.3, 0.4) is 0 Å².